The first kappa shape index (κ1) is 23.7. The first-order valence-corrected chi connectivity index (χ1v) is 17.2. The molecule has 0 aromatic carbocycles. The number of rotatable bonds is 13. The van der Waals surface area contributed by atoms with Gasteiger partial charge in [-0.25, -0.2) is 0 Å². The number of allylic oxidation sites excluding steroid dienone is 2. The van der Waals surface area contributed by atoms with Crippen molar-refractivity contribution in [3.05, 3.63) is 21.6 Å². The molecule has 0 unspecified atom stereocenters. The predicted octanol–water partition coefficient (Wildman–Crippen LogP) is 6.74. The average molecular weight is 447 g/mol. The zero-order valence-electron chi connectivity index (χ0n) is 16.4. The van der Waals surface area contributed by atoms with Crippen LogP contribution in [-0.2, 0) is 9.53 Å². The minimum absolute atomic E-state index is 0.151. The Balaban J connectivity index is 5.45. The quantitative estimate of drug-likeness (QED) is 0.135. The van der Waals surface area contributed by atoms with Crippen molar-refractivity contribution in [2.45, 2.75) is 86.5 Å². The fourth-order valence-corrected chi connectivity index (χ4v) is 17.6. The van der Waals surface area contributed by atoms with Crippen LogP contribution in [0.4, 0.5) is 4.39 Å². The molecule has 0 bridgehead atoms. The van der Waals surface area contributed by atoms with Gasteiger partial charge in [-0.05, 0) is 0 Å². The predicted molar refractivity (Wildman–Crippen MR) is 104 cm³/mol. The maximum atomic E-state index is 15.3. The van der Waals surface area contributed by atoms with Crippen LogP contribution in [-0.4, -0.2) is 31.0 Å². The molecule has 0 heterocycles. The molecule has 0 radical (unpaired) electrons. The normalized spacial score (nSPS) is 13.2. The second-order valence-corrected chi connectivity index (χ2v) is 19.7. The third-order valence-electron chi connectivity index (χ3n) is 4.52. The average Bonchev–Trinajstić information content (AvgIpc) is 2.54. The van der Waals surface area contributed by atoms with Crippen molar-refractivity contribution in [1.82, 2.24) is 0 Å². The number of ether oxygens (including phenoxy) is 1. The molecule has 0 aromatic rings. The van der Waals surface area contributed by atoms with Gasteiger partial charge in [-0.3, -0.25) is 0 Å². The van der Waals surface area contributed by atoms with Gasteiger partial charge in [0.25, 0.3) is 0 Å². The molecule has 0 saturated heterocycles. The number of unbranched alkanes of at least 4 members (excludes halogenated alkanes) is 3. The summed E-state index contributed by atoms with van der Waals surface area (Å²) in [4.78, 5) is 11.6. The second-order valence-electron chi connectivity index (χ2n) is 6.72. The molecular weight excluding hydrogens is 410 g/mol. The van der Waals surface area contributed by atoms with Crippen molar-refractivity contribution >= 4 is 24.3 Å². The van der Waals surface area contributed by atoms with Crippen molar-refractivity contribution < 1.29 is 13.9 Å². The van der Waals surface area contributed by atoms with Crippen LogP contribution in [0.25, 0.3) is 0 Å². The van der Waals surface area contributed by atoms with Gasteiger partial charge >= 0.3 is 153 Å². The monoisotopic (exact) mass is 448 g/mol. The molecule has 0 amide bonds. The zero-order valence-corrected chi connectivity index (χ0v) is 19.3. The first-order chi connectivity index (χ1) is 11.5. The summed E-state index contributed by atoms with van der Waals surface area (Å²) in [5, 5.41) is 0. The molecule has 0 aliphatic rings. The summed E-state index contributed by atoms with van der Waals surface area (Å²) < 4.78 is 23.7. The van der Waals surface area contributed by atoms with Gasteiger partial charge in [-0.1, -0.05) is 0 Å². The van der Waals surface area contributed by atoms with E-state index in [1.807, 2.05) is 0 Å². The Kier molecular flexibility index (Phi) is 13.7. The molecule has 0 fully saturated rings. The Labute approximate surface area is 152 Å². The van der Waals surface area contributed by atoms with Gasteiger partial charge in [0.15, 0.2) is 0 Å². The van der Waals surface area contributed by atoms with Gasteiger partial charge in [0, 0.05) is 0 Å². The standard InChI is InChI=1S/C8H10FO2.3C4H9.Sn/c1-3-11-8(10)6-7(2)4-5-9;3*1-3-4-2;/h4,6H,3H2,1-2H3;3*1,3-4H2,2H3;/b5-4?,7-6+;;;;. The maximum absolute atomic E-state index is 15.3. The SMILES string of the molecule is CCC[CH2][Sn]([CH2]CCC)([CH2]CCC)/[C](F)=C/C(C)=C/C(=O)OCC. The van der Waals surface area contributed by atoms with Crippen molar-refractivity contribution in [3.8, 4) is 0 Å². The van der Waals surface area contributed by atoms with E-state index in [-0.39, 0.29) is 9.81 Å². The van der Waals surface area contributed by atoms with Gasteiger partial charge in [0.05, 0.1) is 0 Å². The number of halogens is 1. The van der Waals surface area contributed by atoms with Crippen LogP contribution in [0.3, 0.4) is 0 Å². The summed E-state index contributed by atoms with van der Waals surface area (Å²) in [6.45, 7) is 10.5. The van der Waals surface area contributed by atoms with E-state index in [9.17, 15) is 4.79 Å². The fourth-order valence-electron chi connectivity index (χ4n) is 3.04. The molecule has 0 aliphatic heterocycles. The van der Waals surface area contributed by atoms with Crippen LogP contribution in [0, 0.1) is 0 Å². The van der Waals surface area contributed by atoms with Gasteiger partial charge in [0.1, 0.15) is 0 Å². The van der Waals surface area contributed by atoms with Crippen molar-refractivity contribution in [2.75, 3.05) is 6.61 Å². The second kappa shape index (κ2) is 13.9. The van der Waals surface area contributed by atoms with Crippen LogP contribution in [0.1, 0.15) is 73.1 Å². The van der Waals surface area contributed by atoms with E-state index in [0.29, 0.717) is 12.2 Å². The van der Waals surface area contributed by atoms with Crippen LogP contribution >= 0.6 is 0 Å². The molecule has 0 spiro atoms. The minimum atomic E-state index is -2.98. The van der Waals surface area contributed by atoms with E-state index in [4.69, 9.17) is 4.74 Å². The number of carbonyl (C=O) groups is 1. The summed E-state index contributed by atoms with van der Waals surface area (Å²) in [7, 11) is 0. The van der Waals surface area contributed by atoms with E-state index in [2.05, 4.69) is 20.8 Å². The summed E-state index contributed by atoms with van der Waals surface area (Å²) >= 11 is -2.98. The molecular formula is C20H37FO2Sn. The molecule has 0 rings (SSSR count). The Morgan fingerprint density at radius 1 is 0.917 bits per heavy atom. The van der Waals surface area contributed by atoms with Gasteiger partial charge in [-0.2, -0.15) is 0 Å². The molecule has 0 aliphatic carbocycles. The van der Waals surface area contributed by atoms with E-state index in [1.165, 1.54) is 6.08 Å². The van der Waals surface area contributed by atoms with Crippen LogP contribution in [0.5, 0.6) is 0 Å². The number of esters is 1. The van der Waals surface area contributed by atoms with Crippen LogP contribution in [0.15, 0.2) is 21.6 Å². The van der Waals surface area contributed by atoms with Gasteiger partial charge < -0.3 is 0 Å². The fraction of sp³-hybridized carbons (Fsp3) is 0.750. The van der Waals surface area contributed by atoms with E-state index in [1.54, 1.807) is 19.9 Å². The van der Waals surface area contributed by atoms with Crippen LogP contribution in [0.2, 0.25) is 13.3 Å². The summed E-state index contributed by atoms with van der Waals surface area (Å²) in [5.41, 5.74) is 0.677. The molecule has 24 heavy (non-hydrogen) atoms. The van der Waals surface area contributed by atoms with E-state index < -0.39 is 18.4 Å². The molecule has 4 heteroatoms. The molecule has 140 valence electrons. The topological polar surface area (TPSA) is 26.3 Å². The Hall–Kier alpha value is -0.321. The number of hydrogen-bond acceptors (Lipinski definition) is 2. The zero-order chi connectivity index (χ0) is 18.4. The van der Waals surface area contributed by atoms with Crippen molar-refractivity contribution in [1.29, 1.82) is 0 Å². The number of hydrogen-bond donors (Lipinski definition) is 0. The molecule has 0 aromatic heterocycles. The third-order valence-corrected chi connectivity index (χ3v) is 19.0. The van der Waals surface area contributed by atoms with Gasteiger partial charge in [-0.15, -0.1) is 0 Å². The Morgan fingerprint density at radius 3 is 1.75 bits per heavy atom. The van der Waals surface area contributed by atoms with E-state index in [0.717, 1.165) is 51.8 Å². The summed E-state index contributed by atoms with van der Waals surface area (Å²) in [6.07, 6.45) is 9.83. The first-order valence-electron chi connectivity index (χ1n) is 9.68. The summed E-state index contributed by atoms with van der Waals surface area (Å²) in [5.74, 6) is -0.379. The van der Waals surface area contributed by atoms with Gasteiger partial charge in [0.2, 0.25) is 0 Å². The Morgan fingerprint density at radius 2 is 1.38 bits per heavy atom. The van der Waals surface area contributed by atoms with Crippen molar-refractivity contribution in [3.63, 3.8) is 0 Å². The number of carbonyl (C=O) groups excluding carboxylic acids is 1. The van der Waals surface area contributed by atoms with Crippen molar-refractivity contribution in [2.24, 2.45) is 0 Å². The molecule has 0 N–H and O–H groups in total. The third kappa shape index (κ3) is 9.24. The molecule has 0 saturated carbocycles. The molecule has 0 atom stereocenters. The van der Waals surface area contributed by atoms with E-state index >= 15 is 4.39 Å². The summed E-state index contributed by atoms with van der Waals surface area (Å²) in [6, 6.07) is 0. The van der Waals surface area contributed by atoms with Crippen LogP contribution < -0.4 is 0 Å². The Bertz CT molecular complexity index is 394. The molecule has 2 nitrogen and oxygen atoms in total.